The van der Waals surface area contributed by atoms with E-state index in [-0.39, 0.29) is 11.5 Å². The topological polar surface area (TPSA) is 51.0 Å². The second-order valence-corrected chi connectivity index (χ2v) is 6.81. The van der Waals surface area contributed by atoms with E-state index in [0.29, 0.717) is 23.6 Å². The third-order valence-corrected chi connectivity index (χ3v) is 4.99. The van der Waals surface area contributed by atoms with E-state index in [9.17, 15) is 9.90 Å². The maximum absolute atomic E-state index is 12.6. The van der Waals surface area contributed by atoms with Crippen LogP contribution in [0.15, 0.2) is 60.4 Å². The number of ether oxygens (including phenoxy) is 1. The van der Waals surface area contributed by atoms with Gasteiger partial charge in [-0.1, -0.05) is 42.5 Å². The number of likely N-dealkylation sites (tertiary alicyclic amines) is 1. The van der Waals surface area contributed by atoms with Crippen LogP contribution in [0.3, 0.4) is 0 Å². The summed E-state index contributed by atoms with van der Waals surface area (Å²) in [6.07, 6.45) is 7.86. The highest BCUT2D eigenvalue weighted by Crippen LogP contribution is 2.38. The van der Waals surface area contributed by atoms with Crippen LogP contribution < -0.4 is 9.64 Å². The fourth-order valence-corrected chi connectivity index (χ4v) is 3.59. The first-order valence-electron chi connectivity index (χ1n) is 9.07. The summed E-state index contributed by atoms with van der Waals surface area (Å²) in [6.45, 7) is 2.88. The number of benzene rings is 2. The molecular formula is C22H22NO3+. The highest BCUT2D eigenvalue weighted by atomic mass is 16.5. The molecule has 0 amide bonds. The van der Waals surface area contributed by atoms with E-state index >= 15 is 0 Å². The van der Waals surface area contributed by atoms with Crippen molar-refractivity contribution in [2.24, 2.45) is 0 Å². The van der Waals surface area contributed by atoms with Crippen molar-refractivity contribution in [1.82, 2.24) is 0 Å². The fraction of sp³-hybridized carbons (Fsp3) is 0.227. The molecule has 26 heavy (non-hydrogen) atoms. The van der Waals surface area contributed by atoms with Crippen molar-refractivity contribution in [2.45, 2.75) is 19.4 Å². The zero-order chi connectivity index (χ0) is 17.9. The quantitative estimate of drug-likeness (QED) is 0.836. The molecule has 0 aromatic heterocycles. The van der Waals surface area contributed by atoms with Crippen LogP contribution >= 0.6 is 0 Å². The van der Waals surface area contributed by atoms with Gasteiger partial charge in [-0.15, -0.1) is 0 Å². The number of aromatic hydroxyl groups is 1. The Balaban J connectivity index is 1.58. The summed E-state index contributed by atoms with van der Waals surface area (Å²) >= 11 is 0. The molecule has 0 spiro atoms. The smallest absolute Gasteiger partial charge is 0.231 e. The number of ketones is 1. The molecule has 1 saturated heterocycles. The molecule has 2 aliphatic rings. The number of hydrogen-bond donors (Lipinski definition) is 2. The van der Waals surface area contributed by atoms with Crippen molar-refractivity contribution in [3.8, 4) is 11.5 Å². The van der Waals surface area contributed by atoms with Gasteiger partial charge in [0.25, 0.3) is 0 Å². The second kappa shape index (κ2) is 7.18. The number of nitrogens with one attached hydrogen (secondary N) is 1. The molecule has 0 bridgehead atoms. The van der Waals surface area contributed by atoms with Crippen molar-refractivity contribution < 1.29 is 19.5 Å². The molecular weight excluding hydrogens is 326 g/mol. The fourth-order valence-electron chi connectivity index (χ4n) is 3.59. The Hall–Kier alpha value is -2.85. The molecule has 2 aromatic carbocycles. The lowest BCUT2D eigenvalue weighted by atomic mass is 10.0. The van der Waals surface area contributed by atoms with E-state index in [2.05, 4.69) is 0 Å². The van der Waals surface area contributed by atoms with Crippen molar-refractivity contribution in [1.29, 1.82) is 0 Å². The molecule has 4 rings (SSSR count). The highest BCUT2D eigenvalue weighted by molar-refractivity contribution is 6.12. The molecule has 0 atom stereocenters. The summed E-state index contributed by atoms with van der Waals surface area (Å²) in [7, 11) is 0. The van der Waals surface area contributed by atoms with Gasteiger partial charge >= 0.3 is 0 Å². The second-order valence-electron chi connectivity index (χ2n) is 6.81. The standard InChI is InChI=1S/C22H21NO3/c24-19-12-11-17-21(25)20(10-6-9-16-7-2-1-3-8-16)26-22(17)18(19)15-23-13-4-5-14-23/h1-3,6-12,24H,4-5,13-15H2/p+1/b9-6+,20-10-. The molecule has 2 aliphatic heterocycles. The van der Waals surface area contributed by atoms with Gasteiger partial charge in [0.2, 0.25) is 5.78 Å². The average Bonchev–Trinajstić information content (AvgIpc) is 3.27. The number of hydrogen-bond acceptors (Lipinski definition) is 3. The van der Waals surface area contributed by atoms with Gasteiger partial charge in [-0.25, -0.2) is 0 Å². The van der Waals surface area contributed by atoms with E-state index in [1.54, 1.807) is 18.2 Å². The Morgan fingerprint density at radius 3 is 2.62 bits per heavy atom. The van der Waals surface area contributed by atoms with Crippen LogP contribution in [0.1, 0.15) is 34.3 Å². The SMILES string of the molecule is O=C1/C(=C/C=C/c2ccccc2)Oc2c1ccc(O)c2C[NH+]1CCCC1. The molecule has 4 nitrogen and oxygen atoms in total. The summed E-state index contributed by atoms with van der Waals surface area (Å²) < 4.78 is 5.87. The minimum Gasteiger partial charge on any atom is -0.507 e. The molecule has 2 aromatic rings. The molecule has 0 radical (unpaired) electrons. The van der Waals surface area contributed by atoms with Gasteiger partial charge < -0.3 is 14.7 Å². The molecule has 1 fully saturated rings. The molecule has 0 aliphatic carbocycles. The lowest BCUT2D eigenvalue weighted by Gasteiger charge is -2.15. The summed E-state index contributed by atoms with van der Waals surface area (Å²) in [6, 6.07) is 13.1. The van der Waals surface area contributed by atoms with Gasteiger partial charge in [0.1, 0.15) is 12.3 Å². The van der Waals surface area contributed by atoms with Gasteiger partial charge in [-0.2, -0.15) is 0 Å². The maximum atomic E-state index is 12.6. The molecule has 2 N–H and O–H groups in total. The van der Waals surface area contributed by atoms with Crippen molar-refractivity contribution >= 4 is 11.9 Å². The lowest BCUT2D eigenvalue weighted by Crippen LogP contribution is -3.08. The third-order valence-electron chi connectivity index (χ3n) is 4.99. The summed E-state index contributed by atoms with van der Waals surface area (Å²) in [5.74, 6) is 0.900. The summed E-state index contributed by atoms with van der Waals surface area (Å²) in [4.78, 5) is 14.0. The first-order valence-corrected chi connectivity index (χ1v) is 9.07. The van der Waals surface area contributed by atoms with Crippen LogP contribution in [0.25, 0.3) is 6.08 Å². The Kier molecular flexibility index (Phi) is 4.59. The minimum absolute atomic E-state index is 0.129. The van der Waals surface area contributed by atoms with E-state index in [0.717, 1.165) is 24.2 Å². The van der Waals surface area contributed by atoms with Crippen LogP contribution in [0, 0.1) is 0 Å². The predicted octanol–water partition coefficient (Wildman–Crippen LogP) is 2.74. The normalized spacial score (nSPS) is 18.6. The Bertz CT molecular complexity index is 878. The van der Waals surface area contributed by atoms with Gasteiger partial charge in [-0.3, -0.25) is 4.79 Å². The Morgan fingerprint density at radius 1 is 1.08 bits per heavy atom. The largest absolute Gasteiger partial charge is 0.507 e. The lowest BCUT2D eigenvalue weighted by molar-refractivity contribution is -0.901. The number of fused-ring (bicyclic) bond motifs is 1. The van der Waals surface area contributed by atoms with Crippen molar-refractivity contribution in [2.75, 3.05) is 13.1 Å². The van der Waals surface area contributed by atoms with Crippen LogP contribution in [0.4, 0.5) is 0 Å². The third kappa shape index (κ3) is 3.28. The number of carbonyl (C=O) groups is 1. The van der Waals surface area contributed by atoms with Crippen LogP contribution in [-0.2, 0) is 6.54 Å². The predicted molar refractivity (Wildman–Crippen MR) is 100 cm³/mol. The highest BCUT2D eigenvalue weighted by Gasteiger charge is 2.32. The zero-order valence-electron chi connectivity index (χ0n) is 14.6. The molecule has 0 unspecified atom stereocenters. The molecule has 132 valence electrons. The van der Waals surface area contributed by atoms with Gasteiger partial charge in [0.15, 0.2) is 11.5 Å². The number of quaternary nitrogens is 1. The van der Waals surface area contributed by atoms with Gasteiger partial charge in [-0.05, 0) is 23.8 Å². The van der Waals surface area contributed by atoms with Crippen LogP contribution in [0.2, 0.25) is 0 Å². The maximum Gasteiger partial charge on any atom is 0.231 e. The summed E-state index contributed by atoms with van der Waals surface area (Å²) in [5.41, 5.74) is 2.34. The summed E-state index contributed by atoms with van der Waals surface area (Å²) in [5, 5.41) is 10.3. The average molecular weight is 348 g/mol. The van der Waals surface area contributed by atoms with Crippen molar-refractivity contribution in [3.05, 3.63) is 77.1 Å². The van der Waals surface area contributed by atoms with E-state index in [4.69, 9.17) is 4.74 Å². The first kappa shape index (κ1) is 16.6. The molecule has 0 saturated carbocycles. The number of carbonyl (C=O) groups excluding carboxylic acids is 1. The number of phenols is 1. The minimum atomic E-state index is -0.129. The van der Waals surface area contributed by atoms with E-state index in [1.807, 2.05) is 42.5 Å². The zero-order valence-corrected chi connectivity index (χ0v) is 14.6. The van der Waals surface area contributed by atoms with E-state index in [1.165, 1.54) is 17.7 Å². The number of Topliss-reactive ketones (excluding diaryl/α,β-unsaturated/α-hetero) is 1. The van der Waals surface area contributed by atoms with Crippen LogP contribution in [0.5, 0.6) is 11.5 Å². The number of phenolic OH excluding ortho intramolecular Hbond substituents is 1. The number of rotatable bonds is 4. The van der Waals surface area contributed by atoms with Gasteiger partial charge in [0, 0.05) is 12.8 Å². The molecule has 2 heterocycles. The first-order chi connectivity index (χ1) is 12.7. The monoisotopic (exact) mass is 348 g/mol. The van der Waals surface area contributed by atoms with Gasteiger partial charge in [0.05, 0.1) is 24.2 Å². The van der Waals surface area contributed by atoms with Crippen molar-refractivity contribution in [3.63, 3.8) is 0 Å². The van der Waals surface area contributed by atoms with Crippen LogP contribution in [-0.4, -0.2) is 24.0 Å². The molecule has 4 heteroatoms. The Labute approximate surface area is 153 Å². The number of allylic oxidation sites excluding steroid dienone is 3. The Morgan fingerprint density at radius 2 is 1.85 bits per heavy atom. The van der Waals surface area contributed by atoms with E-state index < -0.39 is 0 Å².